The monoisotopic (exact) mass is 251 g/mol. The molecular formula is C14H21NO3. The largest absolute Gasteiger partial charge is 0.481 e. The van der Waals surface area contributed by atoms with Crippen LogP contribution in [0.15, 0.2) is 30.3 Å². The van der Waals surface area contributed by atoms with Crippen molar-refractivity contribution in [2.24, 2.45) is 0 Å². The van der Waals surface area contributed by atoms with Crippen molar-refractivity contribution in [1.82, 2.24) is 0 Å². The number of anilines is 1. The Bertz CT molecular complexity index is 353. The van der Waals surface area contributed by atoms with E-state index in [4.69, 9.17) is 5.11 Å². The first kappa shape index (κ1) is 14.5. The fourth-order valence-corrected chi connectivity index (χ4v) is 1.83. The molecule has 0 spiro atoms. The van der Waals surface area contributed by atoms with E-state index in [2.05, 4.69) is 6.92 Å². The van der Waals surface area contributed by atoms with Crippen LogP contribution in [0.4, 0.5) is 5.69 Å². The first-order valence-electron chi connectivity index (χ1n) is 6.33. The number of aliphatic hydroxyl groups is 1. The van der Waals surface area contributed by atoms with Gasteiger partial charge < -0.3 is 15.1 Å². The van der Waals surface area contributed by atoms with Gasteiger partial charge in [-0.05, 0) is 18.6 Å². The molecule has 4 heteroatoms. The van der Waals surface area contributed by atoms with Crippen molar-refractivity contribution in [3.63, 3.8) is 0 Å². The number of carboxylic acid groups (broad SMARTS) is 1. The highest BCUT2D eigenvalue weighted by Crippen LogP contribution is 2.15. The number of carboxylic acids is 1. The van der Waals surface area contributed by atoms with Crippen molar-refractivity contribution < 1.29 is 15.0 Å². The van der Waals surface area contributed by atoms with Crippen LogP contribution in [-0.2, 0) is 4.79 Å². The van der Waals surface area contributed by atoms with Gasteiger partial charge >= 0.3 is 5.97 Å². The van der Waals surface area contributed by atoms with Crippen LogP contribution < -0.4 is 4.90 Å². The van der Waals surface area contributed by atoms with Gasteiger partial charge in [0.05, 0.1) is 12.5 Å². The molecule has 0 heterocycles. The fraction of sp³-hybridized carbons (Fsp3) is 0.500. The number of aliphatic carboxylic acids is 1. The summed E-state index contributed by atoms with van der Waals surface area (Å²) < 4.78 is 0. The van der Waals surface area contributed by atoms with Gasteiger partial charge in [-0.15, -0.1) is 0 Å². The molecule has 0 aliphatic carbocycles. The maximum Gasteiger partial charge on any atom is 0.306 e. The van der Waals surface area contributed by atoms with Gasteiger partial charge in [0.2, 0.25) is 0 Å². The minimum Gasteiger partial charge on any atom is -0.481 e. The Labute approximate surface area is 108 Å². The van der Waals surface area contributed by atoms with Crippen LogP contribution in [0.2, 0.25) is 0 Å². The highest BCUT2D eigenvalue weighted by molar-refractivity contribution is 5.67. The SMILES string of the molecule is CCCCN(CC(O)CC(=O)O)c1ccccc1. The third kappa shape index (κ3) is 5.19. The molecule has 18 heavy (non-hydrogen) atoms. The third-order valence-corrected chi connectivity index (χ3v) is 2.74. The highest BCUT2D eigenvalue weighted by atomic mass is 16.4. The summed E-state index contributed by atoms with van der Waals surface area (Å²) in [4.78, 5) is 12.6. The minimum absolute atomic E-state index is 0.213. The molecule has 0 aliphatic heterocycles. The molecule has 1 atom stereocenters. The Morgan fingerprint density at radius 2 is 2.00 bits per heavy atom. The van der Waals surface area contributed by atoms with Gasteiger partial charge in [-0.25, -0.2) is 0 Å². The van der Waals surface area contributed by atoms with Crippen molar-refractivity contribution in [3.8, 4) is 0 Å². The molecular weight excluding hydrogens is 230 g/mol. The number of carbonyl (C=O) groups is 1. The number of rotatable bonds is 8. The summed E-state index contributed by atoms with van der Waals surface area (Å²) >= 11 is 0. The Balaban J connectivity index is 2.64. The number of para-hydroxylation sites is 1. The average molecular weight is 251 g/mol. The Morgan fingerprint density at radius 3 is 2.56 bits per heavy atom. The van der Waals surface area contributed by atoms with Gasteiger partial charge in [0.25, 0.3) is 0 Å². The van der Waals surface area contributed by atoms with E-state index in [0.29, 0.717) is 6.54 Å². The van der Waals surface area contributed by atoms with E-state index in [9.17, 15) is 9.90 Å². The lowest BCUT2D eigenvalue weighted by molar-refractivity contribution is -0.139. The van der Waals surface area contributed by atoms with Crippen molar-refractivity contribution in [1.29, 1.82) is 0 Å². The molecule has 0 fully saturated rings. The topological polar surface area (TPSA) is 60.8 Å². The van der Waals surface area contributed by atoms with E-state index in [-0.39, 0.29) is 6.42 Å². The summed E-state index contributed by atoms with van der Waals surface area (Å²) in [5.74, 6) is -0.967. The van der Waals surface area contributed by atoms with Crippen LogP contribution in [0.25, 0.3) is 0 Å². The number of hydrogen-bond acceptors (Lipinski definition) is 3. The van der Waals surface area contributed by atoms with Crippen molar-refractivity contribution >= 4 is 11.7 Å². The van der Waals surface area contributed by atoms with Crippen molar-refractivity contribution in [2.45, 2.75) is 32.3 Å². The summed E-state index contributed by atoms with van der Waals surface area (Å²) in [7, 11) is 0. The molecule has 0 saturated heterocycles. The van der Waals surface area contributed by atoms with E-state index < -0.39 is 12.1 Å². The fourth-order valence-electron chi connectivity index (χ4n) is 1.83. The lowest BCUT2D eigenvalue weighted by Crippen LogP contribution is -2.34. The van der Waals surface area contributed by atoms with Crippen LogP contribution in [0.3, 0.4) is 0 Å². The first-order valence-corrected chi connectivity index (χ1v) is 6.33. The molecule has 1 aromatic rings. The Hall–Kier alpha value is -1.55. The molecule has 1 unspecified atom stereocenters. The molecule has 1 rings (SSSR count). The quantitative estimate of drug-likeness (QED) is 0.743. The Kier molecular flexibility index (Phi) is 6.22. The van der Waals surface area contributed by atoms with E-state index in [1.165, 1.54) is 0 Å². The van der Waals surface area contributed by atoms with E-state index in [1.54, 1.807) is 0 Å². The number of nitrogens with zero attached hydrogens (tertiary/aromatic N) is 1. The van der Waals surface area contributed by atoms with E-state index >= 15 is 0 Å². The summed E-state index contributed by atoms with van der Waals surface area (Å²) in [5, 5.41) is 18.4. The lowest BCUT2D eigenvalue weighted by Gasteiger charge is -2.26. The number of unbranched alkanes of at least 4 members (excludes halogenated alkanes) is 1. The highest BCUT2D eigenvalue weighted by Gasteiger charge is 2.14. The van der Waals surface area contributed by atoms with E-state index in [0.717, 1.165) is 25.1 Å². The van der Waals surface area contributed by atoms with Gasteiger partial charge in [-0.2, -0.15) is 0 Å². The molecule has 0 saturated carbocycles. The molecule has 100 valence electrons. The normalized spacial score (nSPS) is 12.1. The van der Waals surface area contributed by atoms with Crippen molar-refractivity contribution in [3.05, 3.63) is 30.3 Å². The standard InChI is InChI=1S/C14H21NO3/c1-2-3-9-15(11-13(16)10-14(17)18)12-7-5-4-6-8-12/h4-8,13,16H,2-3,9-11H2,1H3,(H,17,18). The summed E-state index contributed by atoms with van der Waals surface area (Å²) in [6.45, 7) is 3.30. The van der Waals surface area contributed by atoms with Gasteiger partial charge in [-0.3, -0.25) is 4.79 Å². The van der Waals surface area contributed by atoms with Gasteiger partial charge in [0.15, 0.2) is 0 Å². The molecule has 2 N–H and O–H groups in total. The zero-order chi connectivity index (χ0) is 13.4. The predicted molar refractivity (Wildman–Crippen MR) is 71.8 cm³/mol. The first-order chi connectivity index (χ1) is 8.63. The maximum atomic E-state index is 10.6. The average Bonchev–Trinajstić information content (AvgIpc) is 2.34. The minimum atomic E-state index is -0.967. The zero-order valence-corrected chi connectivity index (χ0v) is 10.7. The Morgan fingerprint density at radius 1 is 1.33 bits per heavy atom. The molecule has 1 aromatic carbocycles. The molecule has 4 nitrogen and oxygen atoms in total. The van der Waals surface area contributed by atoms with Crippen molar-refractivity contribution in [2.75, 3.05) is 18.0 Å². The second-order valence-corrected chi connectivity index (χ2v) is 4.39. The van der Waals surface area contributed by atoms with Crippen LogP contribution in [0.5, 0.6) is 0 Å². The summed E-state index contributed by atoms with van der Waals surface area (Å²) in [6.07, 6.45) is 1.04. The maximum absolute atomic E-state index is 10.6. The second kappa shape index (κ2) is 7.71. The molecule has 0 amide bonds. The molecule has 0 aliphatic rings. The third-order valence-electron chi connectivity index (χ3n) is 2.74. The zero-order valence-electron chi connectivity index (χ0n) is 10.7. The van der Waals surface area contributed by atoms with Crippen LogP contribution >= 0.6 is 0 Å². The molecule has 0 radical (unpaired) electrons. The molecule has 0 aromatic heterocycles. The second-order valence-electron chi connectivity index (χ2n) is 4.39. The van der Waals surface area contributed by atoms with Crippen LogP contribution in [-0.4, -0.2) is 35.4 Å². The number of benzene rings is 1. The van der Waals surface area contributed by atoms with E-state index in [1.807, 2.05) is 35.2 Å². The van der Waals surface area contributed by atoms with Gasteiger partial charge in [0, 0.05) is 18.8 Å². The lowest BCUT2D eigenvalue weighted by atomic mass is 10.2. The smallest absolute Gasteiger partial charge is 0.306 e. The summed E-state index contributed by atoms with van der Waals surface area (Å²) in [5.41, 5.74) is 1.02. The van der Waals surface area contributed by atoms with Crippen LogP contribution in [0, 0.1) is 0 Å². The predicted octanol–water partition coefficient (Wildman–Crippen LogP) is 2.13. The molecule has 0 bridgehead atoms. The summed E-state index contributed by atoms with van der Waals surface area (Å²) in [6, 6.07) is 9.77. The number of aliphatic hydroxyl groups excluding tert-OH is 1. The van der Waals surface area contributed by atoms with Gasteiger partial charge in [-0.1, -0.05) is 31.5 Å². The van der Waals surface area contributed by atoms with Gasteiger partial charge in [0.1, 0.15) is 0 Å². The van der Waals surface area contributed by atoms with Crippen LogP contribution in [0.1, 0.15) is 26.2 Å². The number of hydrogen-bond donors (Lipinski definition) is 2.